The maximum Gasteiger partial charge on any atom is 0.118 e. The Morgan fingerprint density at radius 2 is 1.26 bits per heavy atom. The van der Waals surface area contributed by atoms with Gasteiger partial charge in [-0.15, -0.1) is 0 Å². The van der Waals surface area contributed by atoms with Crippen molar-refractivity contribution in [2.24, 2.45) is 0 Å². The van der Waals surface area contributed by atoms with Gasteiger partial charge in [-0.1, -0.05) is 64.7 Å². The minimum Gasteiger partial charge on any atom is -0.376 e. The van der Waals surface area contributed by atoms with Crippen LogP contribution in [0.2, 0.25) is 0 Å². The largest absolute Gasteiger partial charge is 0.376 e. The molecule has 0 rings (SSSR count). The van der Waals surface area contributed by atoms with E-state index in [2.05, 4.69) is 13.8 Å². The third-order valence-electron chi connectivity index (χ3n) is 4.16. The highest BCUT2D eigenvalue weighted by atomic mass is 16.3. The first-order chi connectivity index (χ1) is 9.06. The highest BCUT2D eigenvalue weighted by Crippen LogP contribution is 2.21. The summed E-state index contributed by atoms with van der Waals surface area (Å²) in [5.41, 5.74) is -0.694. The van der Waals surface area contributed by atoms with E-state index < -0.39 is 5.72 Å². The summed E-state index contributed by atoms with van der Waals surface area (Å²) >= 11 is 0. The van der Waals surface area contributed by atoms with Crippen molar-refractivity contribution in [2.75, 3.05) is 14.1 Å². The van der Waals surface area contributed by atoms with E-state index in [-0.39, 0.29) is 0 Å². The standard InChI is InChI=1S/C17H36NO/c1-5-7-8-9-10-11-12-13-14-15-16-17(19,6-2)18(3)4/h19H,2,5-16H2,1,3-4H3. The zero-order chi connectivity index (χ0) is 14.6. The van der Waals surface area contributed by atoms with Gasteiger partial charge in [0, 0.05) is 0 Å². The molecule has 1 N–H and O–H groups in total. The summed E-state index contributed by atoms with van der Waals surface area (Å²) < 4.78 is 0. The van der Waals surface area contributed by atoms with Crippen LogP contribution < -0.4 is 0 Å². The fraction of sp³-hybridized carbons (Fsp3) is 0.941. The molecule has 1 radical (unpaired) electrons. The van der Waals surface area contributed by atoms with E-state index in [1.165, 1.54) is 57.8 Å². The molecule has 1 unspecified atom stereocenters. The molecule has 0 aliphatic rings. The lowest BCUT2D eigenvalue weighted by Crippen LogP contribution is -2.43. The molecule has 0 saturated carbocycles. The maximum atomic E-state index is 10.3. The molecule has 19 heavy (non-hydrogen) atoms. The van der Waals surface area contributed by atoms with E-state index in [9.17, 15) is 5.11 Å². The number of nitrogens with zero attached hydrogens (tertiary/aromatic N) is 1. The molecule has 0 saturated heterocycles. The van der Waals surface area contributed by atoms with Gasteiger partial charge >= 0.3 is 0 Å². The number of rotatable bonds is 13. The first-order valence-electron chi connectivity index (χ1n) is 8.26. The zero-order valence-electron chi connectivity index (χ0n) is 13.6. The second-order valence-electron chi connectivity index (χ2n) is 6.06. The Morgan fingerprint density at radius 1 is 0.842 bits per heavy atom. The first kappa shape index (κ1) is 18.9. The van der Waals surface area contributed by atoms with Gasteiger partial charge in [0.25, 0.3) is 0 Å². The lowest BCUT2D eigenvalue weighted by atomic mass is 9.99. The number of hydrogen-bond acceptors (Lipinski definition) is 2. The molecule has 0 heterocycles. The molecule has 0 aromatic heterocycles. The average molecular weight is 270 g/mol. The monoisotopic (exact) mass is 270 g/mol. The van der Waals surface area contributed by atoms with Crippen LogP contribution in [0.1, 0.15) is 84.0 Å². The van der Waals surface area contributed by atoms with Gasteiger partial charge < -0.3 is 5.11 Å². The minimum atomic E-state index is -0.694. The third kappa shape index (κ3) is 9.45. The van der Waals surface area contributed by atoms with Crippen molar-refractivity contribution >= 4 is 0 Å². The second-order valence-corrected chi connectivity index (χ2v) is 6.06. The lowest BCUT2D eigenvalue weighted by molar-refractivity contribution is -0.0878. The van der Waals surface area contributed by atoms with Crippen molar-refractivity contribution in [1.82, 2.24) is 4.90 Å². The molecule has 0 aliphatic heterocycles. The van der Waals surface area contributed by atoms with Crippen LogP contribution >= 0.6 is 0 Å². The van der Waals surface area contributed by atoms with Crippen molar-refractivity contribution in [2.45, 2.75) is 89.7 Å². The van der Waals surface area contributed by atoms with Crippen molar-refractivity contribution in [3.05, 3.63) is 6.92 Å². The quantitative estimate of drug-likeness (QED) is 0.385. The molecule has 0 aliphatic carbocycles. The van der Waals surface area contributed by atoms with Crippen molar-refractivity contribution in [3.63, 3.8) is 0 Å². The van der Waals surface area contributed by atoms with Crippen LogP contribution in [0, 0.1) is 6.92 Å². The Kier molecular flexibility index (Phi) is 11.7. The number of unbranched alkanes of at least 4 members (excludes halogenated alkanes) is 9. The van der Waals surface area contributed by atoms with Crippen LogP contribution in [0.3, 0.4) is 0 Å². The highest BCUT2D eigenvalue weighted by Gasteiger charge is 2.26. The van der Waals surface area contributed by atoms with Gasteiger partial charge in [0.15, 0.2) is 0 Å². The highest BCUT2D eigenvalue weighted by molar-refractivity contribution is 4.76. The minimum absolute atomic E-state index is 0.567. The van der Waals surface area contributed by atoms with Gasteiger partial charge in [-0.3, -0.25) is 4.90 Å². The molecule has 115 valence electrons. The molecule has 2 nitrogen and oxygen atoms in total. The van der Waals surface area contributed by atoms with Crippen molar-refractivity contribution in [1.29, 1.82) is 0 Å². The van der Waals surface area contributed by atoms with E-state index in [0.717, 1.165) is 12.8 Å². The van der Waals surface area contributed by atoms with Crippen molar-refractivity contribution < 1.29 is 5.11 Å². The normalized spacial score (nSPS) is 14.8. The van der Waals surface area contributed by atoms with Crippen LogP contribution in [-0.4, -0.2) is 29.8 Å². The molecule has 0 aromatic carbocycles. The lowest BCUT2D eigenvalue weighted by Gasteiger charge is -2.33. The third-order valence-corrected chi connectivity index (χ3v) is 4.16. The van der Waals surface area contributed by atoms with Crippen LogP contribution in [0.15, 0.2) is 0 Å². The van der Waals surface area contributed by atoms with Crippen LogP contribution in [0.25, 0.3) is 0 Å². The summed E-state index contributed by atoms with van der Waals surface area (Å²) in [5, 5.41) is 10.3. The van der Waals surface area contributed by atoms with E-state index in [0.29, 0.717) is 6.42 Å². The first-order valence-corrected chi connectivity index (χ1v) is 8.26. The Bertz CT molecular complexity index is 194. The molecule has 0 bridgehead atoms. The Hall–Kier alpha value is -0.0800. The van der Waals surface area contributed by atoms with E-state index in [1.54, 1.807) is 0 Å². The molecule has 0 fully saturated rings. The number of hydrogen-bond donors (Lipinski definition) is 1. The molecule has 0 spiro atoms. The number of aliphatic hydroxyl groups is 1. The molecule has 2 heteroatoms. The van der Waals surface area contributed by atoms with E-state index in [1.807, 2.05) is 19.0 Å². The molecular weight excluding hydrogens is 234 g/mol. The molecule has 0 amide bonds. The van der Waals surface area contributed by atoms with Crippen LogP contribution in [0.4, 0.5) is 0 Å². The summed E-state index contributed by atoms with van der Waals surface area (Å²) in [4.78, 5) is 1.90. The molecular formula is C17H36NO. The van der Waals surface area contributed by atoms with Gasteiger partial charge in [-0.2, -0.15) is 0 Å². The van der Waals surface area contributed by atoms with Crippen LogP contribution in [-0.2, 0) is 0 Å². The predicted molar refractivity (Wildman–Crippen MR) is 85.1 cm³/mol. The van der Waals surface area contributed by atoms with E-state index >= 15 is 0 Å². The fourth-order valence-corrected chi connectivity index (χ4v) is 2.47. The van der Waals surface area contributed by atoms with Gasteiger partial charge in [0.2, 0.25) is 0 Å². The summed E-state index contributed by atoms with van der Waals surface area (Å²) in [6, 6.07) is 0. The fourth-order valence-electron chi connectivity index (χ4n) is 2.47. The molecule has 1 atom stereocenters. The van der Waals surface area contributed by atoms with Gasteiger partial charge in [-0.25, -0.2) is 0 Å². The SMILES string of the molecule is [CH2]CC(O)(CCCCCCCCCCCC)N(C)C. The second kappa shape index (κ2) is 11.7. The summed E-state index contributed by atoms with van der Waals surface area (Å²) in [7, 11) is 3.86. The molecule has 0 aromatic rings. The predicted octanol–water partition coefficient (Wildman–Crippen LogP) is 4.77. The Labute approximate surface area is 121 Å². The summed E-state index contributed by atoms with van der Waals surface area (Å²) in [6.07, 6.45) is 14.8. The van der Waals surface area contributed by atoms with Gasteiger partial charge in [-0.05, 0) is 40.3 Å². The smallest absolute Gasteiger partial charge is 0.118 e. The van der Waals surface area contributed by atoms with Crippen molar-refractivity contribution in [3.8, 4) is 0 Å². The Morgan fingerprint density at radius 3 is 1.63 bits per heavy atom. The van der Waals surface area contributed by atoms with Gasteiger partial charge in [0.05, 0.1) is 0 Å². The maximum absolute atomic E-state index is 10.3. The average Bonchev–Trinajstić information content (AvgIpc) is 2.40. The van der Waals surface area contributed by atoms with E-state index in [4.69, 9.17) is 0 Å². The summed E-state index contributed by atoms with van der Waals surface area (Å²) in [6.45, 7) is 6.12. The van der Waals surface area contributed by atoms with Crippen LogP contribution in [0.5, 0.6) is 0 Å². The zero-order valence-corrected chi connectivity index (χ0v) is 13.6. The summed E-state index contributed by atoms with van der Waals surface area (Å²) in [5.74, 6) is 0. The Balaban J connectivity index is 3.35. The van der Waals surface area contributed by atoms with Gasteiger partial charge in [0.1, 0.15) is 5.72 Å². The topological polar surface area (TPSA) is 23.5 Å².